The number of aryl methyl sites for hydroxylation is 2. The van der Waals surface area contributed by atoms with Gasteiger partial charge in [0, 0.05) is 18.3 Å². The molecule has 2 aromatic rings. The summed E-state index contributed by atoms with van der Waals surface area (Å²) < 4.78 is 5.30. The maximum atomic E-state index is 5.30. The van der Waals surface area contributed by atoms with Crippen molar-refractivity contribution in [2.75, 3.05) is 26.3 Å². The highest BCUT2D eigenvalue weighted by atomic mass is 32.1. The summed E-state index contributed by atoms with van der Waals surface area (Å²) in [7, 11) is 0. The average Bonchev–Trinajstić information content (AvgIpc) is 3.06. The van der Waals surface area contributed by atoms with Gasteiger partial charge in [0.2, 0.25) is 0 Å². The van der Waals surface area contributed by atoms with Gasteiger partial charge < -0.3 is 15.4 Å². The second-order valence-electron chi connectivity index (χ2n) is 6.58. The fourth-order valence-corrected chi connectivity index (χ4v) is 3.75. The largest absolute Gasteiger partial charge is 0.380 e. The number of guanidine groups is 1. The van der Waals surface area contributed by atoms with Crippen LogP contribution in [0.5, 0.6) is 0 Å². The number of benzene rings is 1. The Bertz CT molecular complexity index is 709. The third-order valence-corrected chi connectivity index (χ3v) is 5.48. The molecule has 4 rings (SSSR count). The summed E-state index contributed by atoms with van der Waals surface area (Å²) in [5, 5.41) is 10.1. The smallest absolute Gasteiger partial charge is 0.191 e. The lowest BCUT2D eigenvalue weighted by atomic mass is 9.85. The minimum Gasteiger partial charge on any atom is -0.380 e. The molecule has 2 aliphatic heterocycles. The first-order valence-corrected chi connectivity index (χ1v) is 9.27. The number of nitrogens with one attached hydrogen (secondary N) is 2. The summed E-state index contributed by atoms with van der Waals surface area (Å²) in [4.78, 5) is 9.31. The van der Waals surface area contributed by atoms with Crippen LogP contribution in [0.25, 0.3) is 0 Å². The Balaban J connectivity index is 1.25. The molecule has 0 bridgehead atoms. The molecule has 126 valence electrons. The Kier molecular flexibility index (Phi) is 4.49. The van der Waals surface area contributed by atoms with Crippen LogP contribution in [0.15, 0.2) is 40.7 Å². The molecule has 0 unspecified atom stereocenters. The van der Waals surface area contributed by atoms with Gasteiger partial charge in [-0.1, -0.05) is 30.3 Å². The molecule has 1 saturated heterocycles. The van der Waals surface area contributed by atoms with Crippen molar-refractivity contribution in [3.8, 4) is 0 Å². The lowest BCUT2D eigenvalue weighted by Crippen LogP contribution is -2.57. The molecule has 0 saturated carbocycles. The van der Waals surface area contributed by atoms with E-state index in [1.54, 1.807) is 11.3 Å². The molecule has 1 fully saturated rings. The van der Waals surface area contributed by atoms with Gasteiger partial charge in [0.25, 0.3) is 0 Å². The molecule has 1 spiro atoms. The van der Waals surface area contributed by atoms with Gasteiger partial charge in [-0.2, -0.15) is 0 Å². The fraction of sp³-hybridized carbons (Fsp3) is 0.444. The topological polar surface area (TPSA) is 58.5 Å². The summed E-state index contributed by atoms with van der Waals surface area (Å²) in [6.45, 7) is 4.17. The zero-order chi connectivity index (χ0) is 16.2. The molecule has 1 aromatic heterocycles. The number of aliphatic imine (C=N–C) groups is 1. The van der Waals surface area contributed by atoms with Gasteiger partial charge in [-0.25, -0.2) is 4.98 Å². The Hall–Kier alpha value is -1.92. The molecule has 6 heteroatoms. The van der Waals surface area contributed by atoms with Crippen LogP contribution in [0.1, 0.15) is 16.3 Å². The SMILES string of the molecule is c1ccc(CCc2nc(CNC3=NCC4(CN3)COC4)cs2)cc1. The van der Waals surface area contributed by atoms with Gasteiger partial charge >= 0.3 is 0 Å². The van der Waals surface area contributed by atoms with Crippen molar-refractivity contribution in [2.24, 2.45) is 10.4 Å². The van der Waals surface area contributed by atoms with Crippen LogP contribution >= 0.6 is 11.3 Å². The van der Waals surface area contributed by atoms with Gasteiger partial charge in [0.1, 0.15) is 0 Å². The van der Waals surface area contributed by atoms with E-state index in [9.17, 15) is 0 Å². The maximum Gasteiger partial charge on any atom is 0.191 e. The van der Waals surface area contributed by atoms with E-state index in [2.05, 4.69) is 51.3 Å². The molecule has 3 heterocycles. The van der Waals surface area contributed by atoms with Crippen molar-refractivity contribution in [1.82, 2.24) is 15.6 Å². The van der Waals surface area contributed by atoms with Gasteiger partial charge in [0.15, 0.2) is 5.96 Å². The molecule has 0 atom stereocenters. The predicted octanol–water partition coefficient (Wildman–Crippen LogP) is 1.99. The molecule has 5 nitrogen and oxygen atoms in total. The fourth-order valence-electron chi connectivity index (χ4n) is 2.95. The van der Waals surface area contributed by atoms with Gasteiger partial charge in [-0.3, -0.25) is 4.99 Å². The van der Waals surface area contributed by atoms with Crippen LogP contribution in [0.4, 0.5) is 0 Å². The van der Waals surface area contributed by atoms with Gasteiger partial charge in [0.05, 0.1) is 42.4 Å². The molecular formula is C18H22N4OS. The Morgan fingerprint density at radius 1 is 1.21 bits per heavy atom. The van der Waals surface area contributed by atoms with E-state index in [0.29, 0.717) is 0 Å². The highest BCUT2D eigenvalue weighted by Crippen LogP contribution is 2.28. The number of thiazole rings is 1. The number of aromatic nitrogens is 1. The second kappa shape index (κ2) is 6.91. The minimum absolute atomic E-state index is 0.246. The lowest BCUT2D eigenvalue weighted by molar-refractivity contribution is -0.104. The summed E-state index contributed by atoms with van der Waals surface area (Å²) in [6.07, 6.45) is 2.04. The Morgan fingerprint density at radius 2 is 2.08 bits per heavy atom. The molecule has 0 aliphatic carbocycles. The van der Waals surface area contributed by atoms with E-state index in [-0.39, 0.29) is 5.41 Å². The van der Waals surface area contributed by atoms with E-state index in [1.165, 1.54) is 10.6 Å². The van der Waals surface area contributed by atoms with Crippen LogP contribution in [0.2, 0.25) is 0 Å². The van der Waals surface area contributed by atoms with Crippen LogP contribution in [-0.2, 0) is 24.1 Å². The third-order valence-electron chi connectivity index (χ3n) is 4.53. The van der Waals surface area contributed by atoms with Gasteiger partial charge in [-0.05, 0) is 12.0 Å². The molecular weight excluding hydrogens is 320 g/mol. The number of rotatable bonds is 5. The van der Waals surface area contributed by atoms with Crippen LogP contribution in [-0.4, -0.2) is 37.2 Å². The number of nitrogens with zero attached hydrogens (tertiary/aromatic N) is 2. The minimum atomic E-state index is 0.246. The monoisotopic (exact) mass is 342 g/mol. The van der Waals surface area contributed by atoms with Crippen LogP contribution in [0.3, 0.4) is 0 Å². The number of hydrogen-bond acceptors (Lipinski definition) is 6. The quantitative estimate of drug-likeness (QED) is 0.872. The van der Waals surface area contributed by atoms with Crippen molar-refractivity contribution in [3.05, 3.63) is 52.0 Å². The molecule has 1 aromatic carbocycles. The van der Waals surface area contributed by atoms with E-state index in [1.807, 2.05) is 0 Å². The van der Waals surface area contributed by atoms with Crippen molar-refractivity contribution < 1.29 is 4.74 Å². The predicted molar refractivity (Wildman–Crippen MR) is 96.4 cm³/mol. The van der Waals surface area contributed by atoms with E-state index < -0.39 is 0 Å². The van der Waals surface area contributed by atoms with Crippen molar-refractivity contribution in [3.63, 3.8) is 0 Å². The van der Waals surface area contributed by atoms with E-state index in [0.717, 1.165) is 57.3 Å². The summed E-state index contributed by atoms with van der Waals surface area (Å²) >= 11 is 1.74. The van der Waals surface area contributed by atoms with Crippen molar-refractivity contribution in [2.45, 2.75) is 19.4 Å². The zero-order valence-electron chi connectivity index (χ0n) is 13.6. The molecule has 2 aliphatic rings. The molecule has 0 amide bonds. The van der Waals surface area contributed by atoms with Crippen LogP contribution < -0.4 is 10.6 Å². The highest BCUT2D eigenvalue weighted by molar-refractivity contribution is 7.09. The van der Waals surface area contributed by atoms with Crippen molar-refractivity contribution >= 4 is 17.3 Å². The third kappa shape index (κ3) is 3.60. The Morgan fingerprint density at radius 3 is 2.79 bits per heavy atom. The van der Waals surface area contributed by atoms with E-state index in [4.69, 9.17) is 9.72 Å². The number of ether oxygens (including phenoxy) is 1. The van der Waals surface area contributed by atoms with Gasteiger partial charge in [-0.15, -0.1) is 11.3 Å². The normalized spacial score (nSPS) is 18.6. The van der Waals surface area contributed by atoms with Crippen molar-refractivity contribution in [1.29, 1.82) is 0 Å². The molecule has 0 radical (unpaired) electrons. The van der Waals surface area contributed by atoms with E-state index >= 15 is 0 Å². The maximum absolute atomic E-state index is 5.30. The first-order valence-electron chi connectivity index (χ1n) is 8.39. The first kappa shape index (κ1) is 15.6. The highest BCUT2D eigenvalue weighted by Gasteiger charge is 2.40. The summed E-state index contributed by atoms with van der Waals surface area (Å²) in [5.41, 5.74) is 2.69. The average molecular weight is 342 g/mol. The molecule has 2 N–H and O–H groups in total. The first-order chi connectivity index (χ1) is 11.8. The number of hydrogen-bond donors (Lipinski definition) is 2. The second-order valence-corrected chi connectivity index (χ2v) is 7.53. The zero-order valence-corrected chi connectivity index (χ0v) is 14.4. The summed E-state index contributed by atoms with van der Waals surface area (Å²) in [6, 6.07) is 10.6. The molecule has 24 heavy (non-hydrogen) atoms. The summed E-state index contributed by atoms with van der Waals surface area (Å²) in [5.74, 6) is 0.881. The van der Waals surface area contributed by atoms with Crippen LogP contribution in [0, 0.1) is 5.41 Å². The Labute approximate surface area is 146 Å². The standard InChI is InChI=1S/C18H22N4OS/c1-2-4-14(5-3-1)6-7-16-22-15(9-24-16)8-19-17-20-10-18(11-21-17)12-23-13-18/h1-5,9H,6-8,10-13H2,(H2,19,20,21). The lowest BCUT2D eigenvalue weighted by Gasteiger charge is -2.42.